The van der Waals surface area contributed by atoms with Crippen LogP contribution < -0.4 is 10.5 Å². The second kappa shape index (κ2) is 5.04. The molecule has 2 N–H and O–H groups in total. The van der Waals surface area contributed by atoms with E-state index in [0.29, 0.717) is 11.4 Å². The summed E-state index contributed by atoms with van der Waals surface area (Å²) in [6, 6.07) is 8.97. The molecule has 0 amide bonds. The number of aryl methyl sites for hydroxylation is 1. The maximum atomic E-state index is 13.4. The van der Waals surface area contributed by atoms with Gasteiger partial charge in [0.25, 0.3) is 0 Å². The average molecular weight is 249 g/mol. The maximum absolute atomic E-state index is 13.4. The van der Waals surface area contributed by atoms with Gasteiger partial charge in [-0.25, -0.2) is 8.78 Å². The third kappa shape index (κ3) is 2.59. The van der Waals surface area contributed by atoms with Crippen molar-refractivity contribution < 1.29 is 13.5 Å². The van der Waals surface area contributed by atoms with Gasteiger partial charge in [-0.2, -0.15) is 0 Å². The highest BCUT2D eigenvalue weighted by atomic mass is 19.1. The average Bonchev–Trinajstić information content (AvgIpc) is 2.33. The van der Waals surface area contributed by atoms with Crippen molar-refractivity contribution in [1.29, 1.82) is 0 Å². The smallest absolute Gasteiger partial charge is 0.142 e. The fraction of sp³-hybridized carbons (Fsp3) is 0.143. The Balaban J connectivity index is 2.19. The van der Waals surface area contributed by atoms with Crippen molar-refractivity contribution in [3.63, 3.8) is 0 Å². The summed E-state index contributed by atoms with van der Waals surface area (Å²) in [5, 5.41) is 0. The second-order valence-corrected chi connectivity index (χ2v) is 4.03. The van der Waals surface area contributed by atoms with Crippen molar-refractivity contribution in [3.05, 3.63) is 59.2 Å². The largest absolute Gasteiger partial charge is 0.487 e. The lowest BCUT2D eigenvalue weighted by Crippen LogP contribution is -2.03. The van der Waals surface area contributed by atoms with Gasteiger partial charge in [0.1, 0.15) is 24.0 Å². The molecule has 0 fully saturated rings. The van der Waals surface area contributed by atoms with Gasteiger partial charge in [0.05, 0.1) is 11.3 Å². The SMILES string of the molecule is Cc1ccc(N)c(OCc2c(F)cccc2F)c1. The van der Waals surface area contributed by atoms with Crippen molar-refractivity contribution >= 4 is 5.69 Å². The standard InChI is InChI=1S/C14H13F2NO/c1-9-5-6-13(17)14(7-9)18-8-10-11(15)3-2-4-12(10)16/h2-7H,8,17H2,1H3. The molecule has 0 spiro atoms. The summed E-state index contributed by atoms with van der Waals surface area (Å²) in [4.78, 5) is 0. The number of anilines is 1. The van der Waals surface area contributed by atoms with Crippen LogP contribution in [-0.4, -0.2) is 0 Å². The first-order valence-electron chi connectivity index (χ1n) is 5.50. The molecule has 0 bridgehead atoms. The number of ether oxygens (including phenoxy) is 1. The van der Waals surface area contributed by atoms with Crippen LogP contribution in [0.3, 0.4) is 0 Å². The van der Waals surface area contributed by atoms with Crippen LogP contribution in [0.15, 0.2) is 36.4 Å². The minimum absolute atomic E-state index is 0.0987. The molecule has 0 aliphatic heterocycles. The topological polar surface area (TPSA) is 35.2 Å². The van der Waals surface area contributed by atoms with Crippen LogP contribution in [0, 0.1) is 18.6 Å². The molecule has 0 aromatic heterocycles. The predicted octanol–water partition coefficient (Wildman–Crippen LogP) is 3.43. The molecule has 94 valence electrons. The van der Waals surface area contributed by atoms with E-state index in [2.05, 4.69) is 0 Å². The fourth-order valence-corrected chi connectivity index (χ4v) is 1.59. The van der Waals surface area contributed by atoms with E-state index >= 15 is 0 Å². The molecule has 2 rings (SSSR count). The van der Waals surface area contributed by atoms with Crippen LogP contribution >= 0.6 is 0 Å². The molecule has 0 radical (unpaired) electrons. The van der Waals surface area contributed by atoms with Gasteiger partial charge >= 0.3 is 0 Å². The zero-order valence-corrected chi connectivity index (χ0v) is 9.91. The number of nitrogen functional groups attached to an aromatic ring is 1. The van der Waals surface area contributed by atoms with Crippen LogP contribution in [-0.2, 0) is 6.61 Å². The minimum Gasteiger partial charge on any atom is -0.487 e. The molecule has 0 saturated heterocycles. The lowest BCUT2D eigenvalue weighted by Gasteiger charge is -2.10. The second-order valence-electron chi connectivity index (χ2n) is 4.03. The molecule has 0 unspecified atom stereocenters. The Kier molecular flexibility index (Phi) is 3.46. The molecule has 18 heavy (non-hydrogen) atoms. The van der Waals surface area contributed by atoms with E-state index in [0.717, 1.165) is 5.56 Å². The van der Waals surface area contributed by atoms with Gasteiger partial charge in [0, 0.05) is 0 Å². The summed E-state index contributed by atoms with van der Waals surface area (Å²) < 4.78 is 32.1. The molecule has 2 aromatic rings. The van der Waals surface area contributed by atoms with Crippen LogP contribution in [0.25, 0.3) is 0 Å². The third-order valence-electron chi connectivity index (χ3n) is 2.60. The highest BCUT2D eigenvalue weighted by molar-refractivity contribution is 5.53. The number of hydrogen-bond acceptors (Lipinski definition) is 2. The summed E-state index contributed by atoms with van der Waals surface area (Å²) in [7, 11) is 0. The molecule has 2 aromatic carbocycles. The van der Waals surface area contributed by atoms with Gasteiger partial charge < -0.3 is 10.5 Å². The monoisotopic (exact) mass is 249 g/mol. The van der Waals surface area contributed by atoms with E-state index in [9.17, 15) is 8.78 Å². The highest BCUT2D eigenvalue weighted by Crippen LogP contribution is 2.24. The normalized spacial score (nSPS) is 10.4. The van der Waals surface area contributed by atoms with Crippen molar-refractivity contribution in [2.45, 2.75) is 13.5 Å². The van der Waals surface area contributed by atoms with Gasteiger partial charge in [-0.15, -0.1) is 0 Å². The number of halogens is 2. The third-order valence-corrected chi connectivity index (χ3v) is 2.60. The lowest BCUT2D eigenvalue weighted by atomic mass is 10.2. The Labute approximate surface area is 104 Å². The van der Waals surface area contributed by atoms with E-state index in [-0.39, 0.29) is 12.2 Å². The van der Waals surface area contributed by atoms with Crippen molar-refractivity contribution in [1.82, 2.24) is 0 Å². The van der Waals surface area contributed by atoms with Gasteiger partial charge in [0.15, 0.2) is 0 Å². The number of benzene rings is 2. The predicted molar refractivity (Wildman–Crippen MR) is 66.3 cm³/mol. The summed E-state index contributed by atoms with van der Waals surface area (Å²) >= 11 is 0. The maximum Gasteiger partial charge on any atom is 0.142 e. The fourth-order valence-electron chi connectivity index (χ4n) is 1.59. The Hall–Kier alpha value is -2.10. The Morgan fingerprint density at radius 3 is 2.44 bits per heavy atom. The molecule has 0 heterocycles. The Morgan fingerprint density at radius 1 is 1.11 bits per heavy atom. The molecule has 0 saturated carbocycles. The quantitative estimate of drug-likeness (QED) is 0.846. The van der Waals surface area contributed by atoms with Crippen LogP contribution in [0.4, 0.5) is 14.5 Å². The van der Waals surface area contributed by atoms with Gasteiger partial charge in [-0.05, 0) is 36.8 Å². The van der Waals surface area contributed by atoms with Crippen molar-refractivity contribution in [3.8, 4) is 5.75 Å². The lowest BCUT2D eigenvalue weighted by molar-refractivity contribution is 0.294. The Morgan fingerprint density at radius 2 is 1.78 bits per heavy atom. The number of hydrogen-bond donors (Lipinski definition) is 1. The van der Waals surface area contributed by atoms with E-state index in [1.165, 1.54) is 18.2 Å². The summed E-state index contributed by atoms with van der Waals surface area (Å²) in [6.07, 6.45) is 0. The molecular weight excluding hydrogens is 236 g/mol. The van der Waals surface area contributed by atoms with Crippen molar-refractivity contribution in [2.75, 3.05) is 5.73 Å². The molecule has 4 heteroatoms. The van der Waals surface area contributed by atoms with E-state index in [1.54, 1.807) is 12.1 Å². The van der Waals surface area contributed by atoms with E-state index < -0.39 is 11.6 Å². The number of rotatable bonds is 3. The van der Waals surface area contributed by atoms with Crippen LogP contribution in [0.1, 0.15) is 11.1 Å². The first kappa shape index (κ1) is 12.4. The molecule has 0 aliphatic rings. The van der Waals surface area contributed by atoms with Crippen molar-refractivity contribution in [2.24, 2.45) is 0 Å². The van der Waals surface area contributed by atoms with Gasteiger partial charge in [-0.1, -0.05) is 12.1 Å². The van der Waals surface area contributed by atoms with Gasteiger partial charge in [0.2, 0.25) is 0 Å². The summed E-state index contributed by atoms with van der Waals surface area (Å²) in [6.45, 7) is 1.70. The summed E-state index contributed by atoms with van der Waals surface area (Å²) in [5.41, 5.74) is 7.03. The van der Waals surface area contributed by atoms with Crippen LogP contribution in [0.5, 0.6) is 5.75 Å². The summed E-state index contributed by atoms with van der Waals surface area (Å²) in [5.74, 6) is -0.819. The minimum atomic E-state index is -0.624. The molecule has 0 atom stereocenters. The van der Waals surface area contributed by atoms with E-state index in [1.807, 2.05) is 13.0 Å². The first-order chi connectivity index (χ1) is 8.58. The molecule has 0 aliphatic carbocycles. The molecular formula is C14H13F2NO. The number of nitrogens with two attached hydrogens (primary N) is 1. The van der Waals surface area contributed by atoms with Crippen LogP contribution in [0.2, 0.25) is 0 Å². The van der Waals surface area contributed by atoms with Gasteiger partial charge in [-0.3, -0.25) is 0 Å². The molecule has 2 nitrogen and oxygen atoms in total. The zero-order valence-electron chi connectivity index (χ0n) is 9.91. The van der Waals surface area contributed by atoms with E-state index in [4.69, 9.17) is 10.5 Å². The zero-order chi connectivity index (χ0) is 13.1. The Bertz CT molecular complexity index is 549. The highest BCUT2D eigenvalue weighted by Gasteiger charge is 2.10. The first-order valence-corrected chi connectivity index (χ1v) is 5.50.